The highest BCUT2D eigenvalue weighted by Gasteiger charge is 2.36. The summed E-state index contributed by atoms with van der Waals surface area (Å²) in [6, 6.07) is 15.3. The van der Waals surface area contributed by atoms with Crippen molar-refractivity contribution in [2.45, 2.75) is 6.92 Å². The van der Waals surface area contributed by atoms with Gasteiger partial charge in [-0.1, -0.05) is 12.1 Å². The van der Waals surface area contributed by atoms with Gasteiger partial charge in [-0.05, 0) is 49.4 Å². The van der Waals surface area contributed by atoms with Crippen molar-refractivity contribution in [1.82, 2.24) is 4.90 Å². The third-order valence-corrected chi connectivity index (χ3v) is 6.96. The van der Waals surface area contributed by atoms with Gasteiger partial charge < -0.3 is 19.3 Å². The van der Waals surface area contributed by atoms with Crippen molar-refractivity contribution in [3.8, 4) is 11.5 Å². The van der Waals surface area contributed by atoms with Gasteiger partial charge in [0, 0.05) is 54.1 Å². The lowest BCUT2D eigenvalue weighted by atomic mass is 9.82. The standard InChI is InChI=1S/C29H26N2O6/c1-17(32)18-7-9-20(10-8-18)30-11-13-31(14-12-30)29(35)19-15-22-26(24(16-19)37-3)28(34)25-21(27(22)33)5-4-6-23(25)36-2/h4-10,15-16H,11-14H2,1-3H3. The second-order valence-corrected chi connectivity index (χ2v) is 9.02. The fraction of sp³-hybridized carbons (Fsp3) is 0.241. The van der Waals surface area contributed by atoms with Crippen LogP contribution in [0.15, 0.2) is 54.6 Å². The maximum absolute atomic E-state index is 13.4. The minimum absolute atomic E-state index is 0.0188. The van der Waals surface area contributed by atoms with Crippen LogP contribution in [0.25, 0.3) is 0 Å². The molecule has 0 N–H and O–H groups in total. The van der Waals surface area contributed by atoms with Crippen molar-refractivity contribution < 1.29 is 28.7 Å². The molecule has 3 aromatic rings. The van der Waals surface area contributed by atoms with Crippen molar-refractivity contribution in [2.24, 2.45) is 0 Å². The van der Waals surface area contributed by atoms with E-state index in [1.807, 2.05) is 12.1 Å². The minimum Gasteiger partial charge on any atom is -0.496 e. The highest BCUT2D eigenvalue weighted by molar-refractivity contribution is 6.30. The first-order valence-corrected chi connectivity index (χ1v) is 12.0. The fourth-order valence-corrected chi connectivity index (χ4v) is 4.97. The molecule has 0 radical (unpaired) electrons. The molecule has 1 saturated heterocycles. The molecule has 1 aliphatic heterocycles. The summed E-state index contributed by atoms with van der Waals surface area (Å²) < 4.78 is 10.8. The van der Waals surface area contributed by atoms with Crippen LogP contribution in [0.1, 0.15) is 59.5 Å². The zero-order valence-electron chi connectivity index (χ0n) is 20.9. The van der Waals surface area contributed by atoms with Crippen LogP contribution in [0.5, 0.6) is 11.5 Å². The third kappa shape index (κ3) is 4.14. The van der Waals surface area contributed by atoms with E-state index < -0.39 is 0 Å². The van der Waals surface area contributed by atoms with Crippen LogP contribution < -0.4 is 14.4 Å². The number of benzene rings is 3. The zero-order valence-corrected chi connectivity index (χ0v) is 20.9. The molecule has 0 bridgehead atoms. The SMILES string of the molecule is COc1cccc2c1C(=O)c1c(OC)cc(C(=O)N3CCN(c4ccc(C(C)=O)cc4)CC3)cc1C2=O. The summed E-state index contributed by atoms with van der Waals surface area (Å²) in [5, 5.41) is 0. The van der Waals surface area contributed by atoms with Gasteiger partial charge in [-0.25, -0.2) is 0 Å². The summed E-state index contributed by atoms with van der Waals surface area (Å²) in [6.45, 7) is 3.75. The summed E-state index contributed by atoms with van der Waals surface area (Å²) in [6.07, 6.45) is 0. The smallest absolute Gasteiger partial charge is 0.254 e. The van der Waals surface area contributed by atoms with E-state index in [0.29, 0.717) is 43.1 Å². The van der Waals surface area contributed by atoms with Gasteiger partial charge in [0.15, 0.2) is 11.6 Å². The van der Waals surface area contributed by atoms with Gasteiger partial charge in [-0.3, -0.25) is 19.2 Å². The van der Waals surface area contributed by atoms with Gasteiger partial charge >= 0.3 is 0 Å². The second-order valence-electron chi connectivity index (χ2n) is 9.02. The van der Waals surface area contributed by atoms with Gasteiger partial charge in [0.05, 0.1) is 25.3 Å². The number of hydrogen-bond donors (Lipinski definition) is 0. The molecule has 0 saturated carbocycles. The van der Waals surface area contributed by atoms with Crippen molar-refractivity contribution >= 4 is 28.9 Å². The zero-order chi connectivity index (χ0) is 26.3. The molecular formula is C29H26N2O6. The molecule has 1 amide bonds. The summed E-state index contributed by atoms with van der Waals surface area (Å²) in [4.78, 5) is 55.7. The molecule has 37 heavy (non-hydrogen) atoms. The maximum Gasteiger partial charge on any atom is 0.254 e. The van der Waals surface area contributed by atoms with Crippen LogP contribution >= 0.6 is 0 Å². The number of hydrogen-bond acceptors (Lipinski definition) is 7. The number of ether oxygens (including phenoxy) is 2. The first kappa shape index (κ1) is 24.2. The summed E-state index contributed by atoms with van der Waals surface area (Å²) in [5.41, 5.74) is 2.68. The molecule has 1 fully saturated rings. The Hall–Kier alpha value is -4.46. The Labute approximate surface area is 214 Å². The van der Waals surface area contributed by atoms with E-state index in [9.17, 15) is 19.2 Å². The molecule has 1 aliphatic carbocycles. The predicted molar refractivity (Wildman–Crippen MR) is 137 cm³/mol. The van der Waals surface area contributed by atoms with E-state index in [1.165, 1.54) is 33.3 Å². The maximum atomic E-state index is 13.4. The second kappa shape index (κ2) is 9.54. The molecule has 2 aliphatic rings. The number of anilines is 1. The normalized spacial score (nSPS) is 14.7. The molecule has 1 heterocycles. The number of amides is 1. The molecule has 8 nitrogen and oxygen atoms in total. The van der Waals surface area contributed by atoms with Gasteiger partial charge in [0.25, 0.3) is 5.91 Å². The van der Waals surface area contributed by atoms with Crippen LogP contribution in [-0.4, -0.2) is 68.6 Å². The van der Waals surface area contributed by atoms with Crippen LogP contribution in [0.2, 0.25) is 0 Å². The highest BCUT2D eigenvalue weighted by Crippen LogP contribution is 2.38. The monoisotopic (exact) mass is 498 g/mol. The Morgan fingerprint density at radius 1 is 0.730 bits per heavy atom. The molecule has 3 aromatic carbocycles. The molecule has 188 valence electrons. The number of rotatable bonds is 5. The summed E-state index contributed by atoms with van der Waals surface area (Å²) in [5.74, 6) is -0.440. The Morgan fingerprint density at radius 2 is 1.38 bits per heavy atom. The van der Waals surface area contributed by atoms with E-state index in [-0.39, 0.29) is 51.3 Å². The van der Waals surface area contributed by atoms with Gasteiger partial charge in [0.2, 0.25) is 5.78 Å². The van der Waals surface area contributed by atoms with E-state index in [0.717, 1.165) is 5.69 Å². The quantitative estimate of drug-likeness (QED) is 0.388. The van der Waals surface area contributed by atoms with Crippen LogP contribution in [-0.2, 0) is 0 Å². The van der Waals surface area contributed by atoms with Crippen molar-refractivity contribution in [3.05, 3.63) is 88.0 Å². The Balaban J connectivity index is 1.39. The van der Waals surface area contributed by atoms with Crippen LogP contribution in [0.4, 0.5) is 5.69 Å². The van der Waals surface area contributed by atoms with E-state index >= 15 is 0 Å². The number of carbonyl (C=O) groups excluding carboxylic acids is 4. The predicted octanol–water partition coefficient (Wildman–Crippen LogP) is 3.64. The topological polar surface area (TPSA) is 93.2 Å². The Bertz CT molecular complexity index is 1440. The fourth-order valence-electron chi connectivity index (χ4n) is 4.97. The molecule has 0 unspecified atom stereocenters. The average molecular weight is 499 g/mol. The summed E-state index contributed by atoms with van der Waals surface area (Å²) >= 11 is 0. The van der Waals surface area contributed by atoms with Crippen molar-refractivity contribution in [1.29, 1.82) is 0 Å². The molecule has 5 rings (SSSR count). The lowest BCUT2D eigenvalue weighted by Crippen LogP contribution is -2.48. The number of Topliss-reactive ketones (excluding diaryl/α,β-unsaturated/α-hetero) is 1. The number of fused-ring (bicyclic) bond motifs is 2. The van der Waals surface area contributed by atoms with Crippen molar-refractivity contribution in [2.75, 3.05) is 45.3 Å². The number of piperazine rings is 1. The van der Waals surface area contributed by atoms with E-state index in [2.05, 4.69) is 4.90 Å². The largest absolute Gasteiger partial charge is 0.496 e. The lowest BCUT2D eigenvalue weighted by Gasteiger charge is -2.36. The highest BCUT2D eigenvalue weighted by atomic mass is 16.5. The average Bonchev–Trinajstić information content (AvgIpc) is 2.94. The van der Waals surface area contributed by atoms with Gasteiger partial charge in [0.1, 0.15) is 11.5 Å². The number of methoxy groups -OCH3 is 2. The van der Waals surface area contributed by atoms with Gasteiger partial charge in [-0.2, -0.15) is 0 Å². The third-order valence-electron chi connectivity index (χ3n) is 6.96. The summed E-state index contributed by atoms with van der Waals surface area (Å²) in [7, 11) is 2.86. The van der Waals surface area contributed by atoms with E-state index in [1.54, 1.807) is 35.2 Å². The van der Waals surface area contributed by atoms with Crippen molar-refractivity contribution in [3.63, 3.8) is 0 Å². The molecule has 0 spiro atoms. The molecule has 8 heteroatoms. The number of ketones is 3. The van der Waals surface area contributed by atoms with E-state index in [4.69, 9.17) is 9.47 Å². The number of nitrogens with zero attached hydrogens (tertiary/aromatic N) is 2. The van der Waals surface area contributed by atoms with Gasteiger partial charge in [-0.15, -0.1) is 0 Å². The Kier molecular flexibility index (Phi) is 6.25. The molecule has 0 aromatic heterocycles. The van der Waals surface area contributed by atoms with Crippen LogP contribution in [0, 0.1) is 0 Å². The van der Waals surface area contributed by atoms with Crippen LogP contribution in [0.3, 0.4) is 0 Å². The molecular weight excluding hydrogens is 472 g/mol. The first-order chi connectivity index (χ1) is 17.8. The lowest BCUT2D eigenvalue weighted by molar-refractivity contribution is 0.0745. The first-order valence-electron chi connectivity index (χ1n) is 12.0. The minimum atomic E-state index is -0.373. The molecule has 0 atom stereocenters. The Morgan fingerprint density at radius 3 is 2.00 bits per heavy atom. The number of carbonyl (C=O) groups is 4.